The lowest BCUT2D eigenvalue weighted by atomic mass is 10.1. The van der Waals surface area contributed by atoms with E-state index in [2.05, 4.69) is 6.07 Å². The fraction of sp³-hybridized carbons (Fsp3) is 0.391. The zero-order valence-corrected chi connectivity index (χ0v) is 37.7. The van der Waals surface area contributed by atoms with E-state index in [9.17, 15) is 50.5 Å². The van der Waals surface area contributed by atoms with Gasteiger partial charge in [-0.25, -0.2) is 14.0 Å². The number of benzene rings is 4. The van der Waals surface area contributed by atoms with Crippen LogP contribution < -0.4 is 18.9 Å². The fourth-order valence-corrected chi connectivity index (χ4v) is 7.42. The van der Waals surface area contributed by atoms with E-state index in [-0.39, 0.29) is 43.6 Å². The van der Waals surface area contributed by atoms with Gasteiger partial charge in [0.05, 0.1) is 36.5 Å². The van der Waals surface area contributed by atoms with Crippen molar-refractivity contribution >= 4 is 35.5 Å². The Morgan fingerprint density at radius 1 is 0.631 bits per heavy atom. The van der Waals surface area contributed by atoms with E-state index in [0.29, 0.717) is 40.9 Å². The molecule has 0 aliphatic heterocycles. The third kappa shape index (κ3) is 17.3. The number of halogens is 7. The molecule has 0 amide bonds. The zero-order valence-electron chi connectivity index (χ0n) is 36.1. The minimum atomic E-state index is -4.79. The molecule has 2 atom stereocenters. The van der Waals surface area contributed by atoms with Gasteiger partial charge in [-0.2, -0.15) is 36.9 Å². The van der Waals surface area contributed by atoms with Gasteiger partial charge in [0.2, 0.25) is 0 Å². The molecule has 0 radical (unpaired) electrons. The first-order valence-electron chi connectivity index (χ1n) is 19.6. The highest BCUT2D eigenvalue weighted by Gasteiger charge is 2.35. The predicted octanol–water partition coefficient (Wildman–Crippen LogP) is 12.1. The molecule has 10 nitrogen and oxygen atoms in total. The monoisotopic (exact) mass is 952 g/mol. The quantitative estimate of drug-likeness (QED) is 0.0639. The van der Waals surface area contributed by atoms with Gasteiger partial charge in [-0.3, -0.25) is 0 Å². The van der Waals surface area contributed by atoms with Crippen LogP contribution in [0.5, 0.6) is 23.0 Å². The van der Waals surface area contributed by atoms with Crippen LogP contribution in [0.2, 0.25) is 0 Å². The number of rotatable bonds is 20. The molecule has 0 fully saturated rings. The van der Waals surface area contributed by atoms with Crippen LogP contribution in [-0.2, 0) is 21.9 Å². The molecule has 65 heavy (non-hydrogen) atoms. The summed E-state index contributed by atoms with van der Waals surface area (Å²) in [6.45, 7) is 9.67. The Balaban J connectivity index is 0.000000345. The van der Waals surface area contributed by atoms with Crippen molar-refractivity contribution in [2.45, 2.75) is 87.7 Å². The number of aryl methyl sites for hydroxylation is 2. The molecule has 0 aliphatic carbocycles. The Bertz CT molecular complexity index is 2330. The van der Waals surface area contributed by atoms with Crippen LogP contribution in [0.15, 0.2) is 88.7 Å². The Kier molecular flexibility index (Phi) is 19.3. The summed E-state index contributed by atoms with van der Waals surface area (Å²) < 4.78 is 112. The van der Waals surface area contributed by atoms with Crippen molar-refractivity contribution in [3.63, 3.8) is 0 Å². The molecule has 4 rings (SSSR count). The van der Waals surface area contributed by atoms with Gasteiger partial charge in [-0.1, -0.05) is 0 Å². The summed E-state index contributed by atoms with van der Waals surface area (Å²) in [7, 11) is 0. The zero-order chi connectivity index (χ0) is 48.8. The number of carboxylic acids is 2. The van der Waals surface area contributed by atoms with Gasteiger partial charge in [0.1, 0.15) is 28.8 Å². The van der Waals surface area contributed by atoms with E-state index < -0.39 is 52.4 Å². The van der Waals surface area contributed by atoms with Gasteiger partial charge < -0.3 is 29.2 Å². The lowest BCUT2D eigenvalue weighted by molar-refractivity contribution is -0.152. The van der Waals surface area contributed by atoms with E-state index >= 15 is 0 Å². The van der Waals surface area contributed by atoms with E-state index in [1.54, 1.807) is 25.1 Å². The fourth-order valence-electron chi connectivity index (χ4n) is 5.29. The molecule has 0 aromatic heterocycles. The van der Waals surface area contributed by atoms with E-state index in [1.807, 2.05) is 31.2 Å². The summed E-state index contributed by atoms with van der Waals surface area (Å²) in [6, 6.07) is 21.6. The van der Waals surface area contributed by atoms with Crippen molar-refractivity contribution in [3.8, 4) is 35.1 Å². The van der Waals surface area contributed by atoms with Crippen LogP contribution in [0, 0.1) is 54.2 Å². The average Bonchev–Trinajstić information content (AvgIpc) is 3.21. The second kappa shape index (κ2) is 23.4. The van der Waals surface area contributed by atoms with E-state index in [1.165, 1.54) is 63.4 Å². The summed E-state index contributed by atoms with van der Waals surface area (Å²) in [4.78, 5) is 24.3. The summed E-state index contributed by atoms with van der Waals surface area (Å²) >= 11 is 2.94. The molecule has 4 aromatic rings. The standard InChI is InChI=1S/C23H23F4NO4S.C23H24F3NO4S/c1-14-10-17(5-7-20(14)32-22(2,3)21(29)30)33-13-15(8-9-28)12-31-16-4-6-18(19(24)11-16)23(25,26)27;1-15-12-19(8-9-20(15)31-22(2,3)21(28)29)32-14-16(10-11-27)13-30-18-6-4-17(5-7-18)23(24,25)26/h4-7,10-11,15H,8,12-13H2,1-3H3,(H,29,30);4-9,12,16H,10,13-14H2,1-3H3,(H,28,29). The van der Waals surface area contributed by atoms with Crippen molar-refractivity contribution in [2.24, 2.45) is 11.8 Å². The first-order chi connectivity index (χ1) is 30.2. The van der Waals surface area contributed by atoms with E-state index in [4.69, 9.17) is 29.5 Å². The molecule has 0 saturated carbocycles. The number of hydrogen-bond acceptors (Lipinski definition) is 10. The maximum Gasteiger partial charge on any atom is 0.419 e. The molecule has 0 spiro atoms. The van der Waals surface area contributed by atoms with Gasteiger partial charge in [0.25, 0.3) is 0 Å². The Hall–Kier alpha value is -5.79. The second-order valence-electron chi connectivity index (χ2n) is 15.6. The third-order valence-electron chi connectivity index (χ3n) is 9.18. The minimum absolute atomic E-state index is 0.0261. The van der Waals surface area contributed by atoms with Crippen molar-refractivity contribution < 1.29 is 69.5 Å². The Morgan fingerprint density at radius 3 is 1.40 bits per heavy atom. The summed E-state index contributed by atoms with van der Waals surface area (Å²) in [6.07, 6.45) is -8.81. The molecule has 350 valence electrons. The molecular formula is C46H47F7N2O8S2. The molecule has 0 aliphatic rings. The maximum atomic E-state index is 13.7. The molecule has 19 heteroatoms. The average molecular weight is 953 g/mol. The summed E-state index contributed by atoms with van der Waals surface area (Å²) in [5, 5.41) is 36.6. The highest BCUT2D eigenvalue weighted by Crippen LogP contribution is 2.35. The van der Waals surface area contributed by atoms with Crippen LogP contribution in [0.3, 0.4) is 0 Å². The number of thioether (sulfide) groups is 2. The second-order valence-corrected chi connectivity index (χ2v) is 17.7. The minimum Gasteiger partial charge on any atom is -0.493 e. The topological polar surface area (TPSA) is 159 Å². The normalized spacial score (nSPS) is 12.7. The van der Waals surface area contributed by atoms with Gasteiger partial charge in [0, 0.05) is 52.0 Å². The largest absolute Gasteiger partial charge is 0.493 e. The van der Waals surface area contributed by atoms with Crippen molar-refractivity contribution in [2.75, 3.05) is 24.7 Å². The maximum absolute atomic E-state index is 13.7. The van der Waals surface area contributed by atoms with Gasteiger partial charge >= 0.3 is 24.3 Å². The number of alkyl halides is 6. The van der Waals surface area contributed by atoms with E-state index in [0.717, 1.165) is 39.1 Å². The first-order valence-corrected chi connectivity index (χ1v) is 21.6. The molecule has 0 bridgehead atoms. The lowest BCUT2D eigenvalue weighted by Gasteiger charge is -2.23. The molecule has 4 aromatic carbocycles. The van der Waals surface area contributed by atoms with Crippen LogP contribution in [0.1, 0.15) is 62.8 Å². The lowest BCUT2D eigenvalue weighted by Crippen LogP contribution is -2.38. The molecule has 0 saturated heterocycles. The predicted molar refractivity (Wildman–Crippen MR) is 230 cm³/mol. The van der Waals surface area contributed by atoms with Gasteiger partial charge in [-0.05, 0) is 125 Å². The van der Waals surface area contributed by atoms with Crippen LogP contribution in [-0.4, -0.2) is 58.1 Å². The number of carbonyl (C=O) groups is 2. The number of nitrogens with zero attached hydrogens (tertiary/aromatic N) is 2. The highest BCUT2D eigenvalue weighted by molar-refractivity contribution is 7.99. The smallest absolute Gasteiger partial charge is 0.419 e. The summed E-state index contributed by atoms with van der Waals surface area (Å²) in [5.74, 6) is -1.76. The SMILES string of the molecule is Cc1cc(SCC(CC#N)COc2ccc(C(F)(F)F)c(F)c2)ccc1OC(C)(C)C(=O)O.Cc1cc(SCC(CC#N)COc2ccc(C(F)(F)F)cc2)ccc1OC(C)(C)C(=O)O. The number of carboxylic acid groups (broad SMARTS) is 2. The number of nitriles is 2. The van der Waals surface area contributed by atoms with Crippen LogP contribution >= 0.6 is 23.5 Å². The Morgan fingerprint density at radius 2 is 1.05 bits per heavy atom. The molecule has 2 N–H and O–H groups in total. The van der Waals surface area contributed by atoms with Crippen LogP contribution in [0.4, 0.5) is 30.7 Å². The van der Waals surface area contributed by atoms with Crippen LogP contribution in [0.25, 0.3) is 0 Å². The van der Waals surface area contributed by atoms with Crippen molar-refractivity contribution in [1.82, 2.24) is 0 Å². The van der Waals surface area contributed by atoms with Gasteiger partial charge in [-0.15, -0.1) is 23.5 Å². The van der Waals surface area contributed by atoms with Gasteiger partial charge in [0.15, 0.2) is 11.2 Å². The first kappa shape index (κ1) is 53.5. The summed E-state index contributed by atoms with van der Waals surface area (Å²) in [5.41, 5.74) is -3.33. The van der Waals surface area contributed by atoms with Crippen molar-refractivity contribution in [3.05, 3.63) is 107 Å². The van der Waals surface area contributed by atoms with Crippen molar-refractivity contribution in [1.29, 1.82) is 10.5 Å². The number of ether oxygens (including phenoxy) is 4. The third-order valence-corrected chi connectivity index (χ3v) is 11.6. The molecule has 0 heterocycles. The highest BCUT2D eigenvalue weighted by atomic mass is 32.2. The Labute approximate surface area is 380 Å². The molecule has 2 unspecified atom stereocenters. The number of aliphatic carboxylic acids is 2. The molecular weight excluding hydrogens is 906 g/mol. The number of hydrogen-bond donors (Lipinski definition) is 2.